The van der Waals surface area contributed by atoms with E-state index < -0.39 is 11.7 Å². The minimum Gasteiger partial charge on any atom is -0.333 e. The van der Waals surface area contributed by atoms with Crippen molar-refractivity contribution in [2.24, 2.45) is 0 Å². The zero-order valence-corrected chi connectivity index (χ0v) is 12.6. The first kappa shape index (κ1) is 14.1. The van der Waals surface area contributed by atoms with Gasteiger partial charge < -0.3 is 9.47 Å². The number of ketones is 1. The number of halogens is 2. The van der Waals surface area contributed by atoms with Crippen molar-refractivity contribution in [3.05, 3.63) is 46.0 Å². The van der Waals surface area contributed by atoms with Crippen LogP contribution in [0, 0.1) is 6.92 Å². The first-order valence-electron chi connectivity index (χ1n) is 6.32. The maximum absolute atomic E-state index is 12.1. The number of anilines is 1. The topological polar surface area (TPSA) is 55.2 Å². The van der Waals surface area contributed by atoms with Crippen LogP contribution in [0.5, 0.6) is 0 Å². The molecule has 0 aliphatic carbocycles. The van der Waals surface area contributed by atoms with Gasteiger partial charge in [0.1, 0.15) is 5.82 Å². The highest BCUT2D eigenvalue weighted by molar-refractivity contribution is 6.56. The minimum atomic E-state index is -0.611. The molecule has 3 rings (SSSR count). The van der Waals surface area contributed by atoms with Crippen LogP contribution in [0.1, 0.15) is 16.2 Å². The van der Waals surface area contributed by atoms with Gasteiger partial charge in [0.2, 0.25) is 0 Å². The zero-order chi connectivity index (χ0) is 15.1. The molecule has 2 aromatic rings. The Hall–Kier alpha value is -1.85. The number of carbonyl (C=O) groups excluding carboxylic acids is 2. The van der Waals surface area contributed by atoms with Crippen molar-refractivity contribution in [2.75, 3.05) is 11.4 Å². The second kappa shape index (κ2) is 5.16. The quantitative estimate of drug-likeness (QED) is 0.816. The van der Waals surface area contributed by atoms with Crippen LogP contribution in [0.3, 0.4) is 0 Å². The van der Waals surface area contributed by atoms with Gasteiger partial charge in [-0.25, -0.2) is 4.98 Å². The molecule has 1 aliphatic heterocycles. The second-order valence-corrected chi connectivity index (χ2v) is 5.52. The second-order valence-electron chi connectivity index (χ2n) is 4.71. The standard InChI is InChI=1S/C14H11Cl2N3O2/c1-8-17-4-5-18(8)6-7-19-12-10(16)3-2-9(15)11(12)13(20)14(19)21/h2-5H,6-7H2,1H3. The number of aryl methyl sites for hydroxylation is 1. The Balaban J connectivity index is 1.95. The molecule has 108 valence electrons. The van der Waals surface area contributed by atoms with Gasteiger partial charge in [-0.1, -0.05) is 23.2 Å². The molecule has 2 heterocycles. The number of imidazole rings is 1. The molecule has 0 bridgehead atoms. The highest BCUT2D eigenvalue weighted by Gasteiger charge is 2.39. The summed E-state index contributed by atoms with van der Waals surface area (Å²) in [6.45, 7) is 2.72. The number of amides is 1. The fourth-order valence-electron chi connectivity index (χ4n) is 2.41. The van der Waals surface area contributed by atoms with Gasteiger partial charge in [0, 0.05) is 25.5 Å². The van der Waals surface area contributed by atoms with Crippen molar-refractivity contribution < 1.29 is 9.59 Å². The molecule has 21 heavy (non-hydrogen) atoms. The average Bonchev–Trinajstić information content (AvgIpc) is 2.97. The Bertz CT molecular complexity index is 755. The summed E-state index contributed by atoms with van der Waals surface area (Å²) >= 11 is 12.2. The smallest absolute Gasteiger partial charge is 0.299 e. The number of rotatable bonds is 3. The number of benzene rings is 1. The van der Waals surface area contributed by atoms with Gasteiger partial charge in [-0.15, -0.1) is 0 Å². The lowest BCUT2D eigenvalue weighted by atomic mass is 10.1. The number of Topliss-reactive ketones (excluding diaryl/α,β-unsaturated/α-hetero) is 1. The zero-order valence-electron chi connectivity index (χ0n) is 11.1. The molecule has 1 aliphatic rings. The van der Waals surface area contributed by atoms with Gasteiger partial charge in [0.15, 0.2) is 0 Å². The lowest BCUT2D eigenvalue weighted by Gasteiger charge is -2.18. The average molecular weight is 324 g/mol. The third-order valence-electron chi connectivity index (χ3n) is 3.50. The van der Waals surface area contributed by atoms with Crippen LogP contribution >= 0.6 is 23.2 Å². The first-order valence-corrected chi connectivity index (χ1v) is 7.08. The molecule has 1 amide bonds. The summed E-state index contributed by atoms with van der Waals surface area (Å²) < 4.78 is 1.90. The van der Waals surface area contributed by atoms with E-state index in [0.717, 1.165) is 5.82 Å². The molecule has 0 fully saturated rings. The van der Waals surface area contributed by atoms with Crippen LogP contribution in [-0.2, 0) is 11.3 Å². The molecular weight excluding hydrogens is 313 g/mol. The van der Waals surface area contributed by atoms with E-state index in [1.165, 1.54) is 11.0 Å². The number of nitrogens with zero attached hydrogens (tertiary/aromatic N) is 3. The Kier molecular flexibility index (Phi) is 3.47. The van der Waals surface area contributed by atoms with E-state index in [2.05, 4.69) is 4.98 Å². The third-order valence-corrected chi connectivity index (χ3v) is 4.12. The van der Waals surface area contributed by atoms with E-state index in [0.29, 0.717) is 23.8 Å². The Morgan fingerprint density at radius 2 is 1.86 bits per heavy atom. The van der Waals surface area contributed by atoms with Crippen molar-refractivity contribution in [1.29, 1.82) is 0 Å². The van der Waals surface area contributed by atoms with E-state index in [1.807, 2.05) is 17.7 Å². The molecule has 0 saturated carbocycles. The molecule has 7 heteroatoms. The Labute approximate surface area is 131 Å². The van der Waals surface area contributed by atoms with Crippen molar-refractivity contribution in [3.63, 3.8) is 0 Å². The molecule has 1 aromatic carbocycles. The summed E-state index contributed by atoms with van der Waals surface area (Å²) in [7, 11) is 0. The van der Waals surface area contributed by atoms with Crippen molar-refractivity contribution in [3.8, 4) is 0 Å². The molecule has 0 radical (unpaired) electrons. The van der Waals surface area contributed by atoms with Gasteiger partial charge in [-0.05, 0) is 19.1 Å². The summed E-state index contributed by atoms with van der Waals surface area (Å²) in [5, 5.41) is 0.588. The Morgan fingerprint density at radius 1 is 1.14 bits per heavy atom. The van der Waals surface area contributed by atoms with Gasteiger partial charge in [-0.3, -0.25) is 9.59 Å². The summed E-state index contributed by atoms with van der Waals surface area (Å²) in [6.07, 6.45) is 3.50. The first-order chi connectivity index (χ1) is 10.0. The third kappa shape index (κ3) is 2.22. The number of hydrogen-bond donors (Lipinski definition) is 0. The highest BCUT2D eigenvalue weighted by Crippen LogP contribution is 2.39. The van der Waals surface area contributed by atoms with Gasteiger partial charge in [0.05, 0.1) is 21.3 Å². The lowest BCUT2D eigenvalue weighted by Crippen LogP contribution is -2.33. The predicted molar refractivity (Wildman–Crippen MR) is 80.1 cm³/mol. The van der Waals surface area contributed by atoms with E-state index in [4.69, 9.17) is 23.2 Å². The van der Waals surface area contributed by atoms with Gasteiger partial charge in [0.25, 0.3) is 11.7 Å². The molecule has 5 nitrogen and oxygen atoms in total. The minimum absolute atomic E-state index is 0.191. The normalized spacial score (nSPS) is 14.0. The van der Waals surface area contributed by atoms with Crippen molar-refractivity contribution in [2.45, 2.75) is 13.5 Å². The number of hydrogen-bond acceptors (Lipinski definition) is 3. The predicted octanol–water partition coefficient (Wildman–Crippen LogP) is 2.73. The molecule has 0 spiro atoms. The summed E-state index contributed by atoms with van der Waals surface area (Å²) in [5.74, 6) is -0.372. The molecule has 0 atom stereocenters. The van der Waals surface area contributed by atoms with Crippen LogP contribution in [0.4, 0.5) is 5.69 Å². The number of carbonyl (C=O) groups is 2. The number of fused-ring (bicyclic) bond motifs is 1. The largest absolute Gasteiger partial charge is 0.333 e. The van der Waals surface area contributed by atoms with Gasteiger partial charge in [-0.2, -0.15) is 0 Å². The number of aromatic nitrogens is 2. The van der Waals surface area contributed by atoms with Crippen LogP contribution < -0.4 is 4.90 Å². The van der Waals surface area contributed by atoms with E-state index in [9.17, 15) is 9.59 Å². The van der Waals surface area contributed by atoms with E-state index in [1.54, 1.807) is 12.3 Å². The molecule has 1 aromatic heterocycles. The fraction of sp³-hybridized carbons (Fsp3) is 0.214. The van der Waals surface area contributed by atoms with Crippen molar-refractivity contribution >= 4 is 40.6 Å². The monoisotopic (exact) mass is 323 g/mol. The van der Waals surface area contributed by atoms with E-state index >= 15 is 0 Å². The maximum atomic E-state index is 12.1. The molecule has 0 saturated heterocycles. The molecule has 0 N–H and O–H groups in total. The van der Waals surface area contributed by atoms with Crippen LogP contribution in [0.15, 0.2) is 24.5 Å². The van der Waals surface area contributed by atoms with Crippen LogP contribution in [0.25, 0.3) is 0 Å². The van der Waals surface area contributed by atoms with Crippen LogP contribution in [-0.4, -0.2) is 27.8 Å². The molecule has 0 unspecified atom stereocenters. The Morgan fingerprint density at radius 3 is 2.52 bits per heavy atom. The summed E-state index contributed by atoms with van der Waals surface area (Å²) in [6, 6.07) is 3.11. The lowest BCUT2D eigenvalue weighted by molar-refractivity contribution is -0.114. The summed E-state index contributed by atoms with van der Waals surface area (Å²) in [4.78, 5) is 29.7. The fourth-order valence-corrected chi connectivity index (χ4v) is 2.91. The van der Waals surface area contributed by atoms with E-state index in [-0.39, 0.29) is 10.6 Å². The van der Waals surface area contributed by atoms with Crippen LogP contribution in [0.2, 0.25) is 10.0 Å². The summed E-state index contributed by atoms with van der Waals surface area (Å²) in [5.41, 5.74) is 0.591. The highest BCUT2D eigenvalue weighted by atomic mass is 35.5. The van der Waals surface area contributed by atoms with Crippen molar-refractivity contribution in [1.82, 2.24) is 9.55 Å². The maximum Gasteiger partial charge on any atom is 0.299 e. The molecular formula is C14H11Cl2N3O2. The van der Waals surface area contributed by atoms with Gasteiger partial charge >= 0.3 is 0 Å². The SMILES string of the molecule is Cc1nccn1CCN1C(=O)C(=O)c2c(Cl)ccc(Cl)c21.